The van der Waals surface area contributed by atoms with Gasteiger partial charge >= 0.3 is 0 Å². The van der Waals surface area contributed by atoms with Crippen molar-refractivity contribution in [3.63, 3.8) is 0 Å². The number of thiazole rings is 1. The lowest BCUT2D eigenvalue weighted by Gasteiger charge is -2.25. The molecule has 3 aromatic rings. The van der Waals surface area contributed by atoms with E-state index in [0.29, 0.717) is 10.8 Å². The molecule has 0 aliphatic carbocycles. The van der Waals surface area contributed by atoms with Crippen molar-refractivity contribution < 1.29 is 13.2 Å². The highest BCUT2D eigenvalue weighted by atomic mass is 32.2. The number of fused-ring (bicyclic) bond motifs is 1. The van der Waals surface area contributed by atoms with E-state index in [9.17, 15) is 13.2 Å². The predicted molar refractivity (Wildman–Crippen MR) is 106 cm³/mol. The summed E-state index contributed by atoms with van der Waals surface area (Å²) >= 11 is 1.39. The van der Waals surface area contributed by atoms with Crippen molar-refractivity contribution in [2.24, 2.45) is 0 Å². The van der Waals surface area contributed by atoms with E-state index < -0.39 is 10.0 Å². The second-order valence-corrected chi connectivity index (χ2v) is 8.89. The number of aryl methyl sites for hydroxylation is 1. The van der Waals surface area contributed by atoms with Crippen molar-refractivity contribution in [3.8, 4) is 0 Å². The molecule has 0 spiro atoms. The van der Waals surface area contributed by atoms with Crippen LogP contribution in [0.4, 0.5) is 10.8 Å². The van der Waals surface area contributed by atoms with E-state index in [1.54, 1.807) is 19.2 Å². The molecule has 1 aromatic heterocycles. The molecule has 26 heavy (non-hydrogen) atoms. The molecule has 0 fully saturated rings. The number of carbonyl (C=O) groups is 1. The Morgan fingerprint density at radius 1 is 1.12 bits per heavy atom. The Morgan fingerprint density at radius 3 is 2.42 bits per heavy atom. The average molecular weight is 390 g/mol. The van der Waals surface area contributed by atoms with E-state index in [4.69, 9.17) is 0 Å². The van der Waals surface area contributed by atoms with Gasteiger partial charge in [0.1, 0.15) is 6.54 Å². The molecule has 0 saturated heterocycles. The molecule has 3 rings (SSSR count). The highest BCUT2D eigenvalue weighted by Gasteiger charge is 2.25. The normalized spacial score (nSPS) is 11.5. The molecule has 136 valence electrons. The molecule has 6 nitrogen and oxygen atoms in total. The molecule has 0 atom stereocenters. The van der Waals surface area contributed by atoms with Crippen molar-refractivity contribution in [3.05, 3.63) is 54.1 Å². The first-order valence-corrected chi connectivity index (χ1v) is 10.6. The molecular weight excluding hydrogens is 370 g/mol. The van der Waals surface area contributed by atoms with Crippen molar-refractivity contribution in [1.29, 1.82) is 0 Å². The van der Waals surface area contributed by atoms with Crippen LogP contribution in [0, 0.1) is 6.92 Å². The largest absolute Gasteiger partial charge is 0.290 e. The maximum absolute atomic E-state index is 12.7. The van der Waals surface area contributed by atoms with Gasteiger partial charge < -0.3 is 0 Å². The lowest BCUT2D eigenvalue weighted by molar-refractivity contribution is -0.116. The second-order valence-electron chi connectivity index (χ2n) is 5.97. The summed E-state index contributed by atoms with van der Waals surface area (Å²) in [5.41, 5.74) is 2.10. The number of nitrogens with zero attached hydrogens (tertiary/aromatic N) is 3. The first-order chi connectivity index (χ1) is 12.3. The van der Waals surface area contributed by atoms with Gasteiger partial charge in [-0.1, -0.05) is 41.7 Å². The van der Waals surface area contributed by atoms with E-state index in [0.717, 1.165) is 26.3 Å². The third-order valence-electron chi connectivity index (χ3n) is 4.01. The number of aromatic nitrogens is 1. The van der Waals surface area contributed by atoms with Gasteiger partial charge in [-0.2, -0.15) is 0 Å². The van der Waals surface area contributed by atoms with Crippen LogP contribution in [-0.4, -0.2) is 39.2 Å². The number of amides is 1. The molecule has 0 aliphatic rings. The third-order valence-corrected chi connectivity index (χ3v) is 6.25. The first-order valence-electron chi connectivity index (χ1n) is 7.93. The molecular formula is C18H19N3O3S2. The predicted octanol–water partition coefficient (Wildman–Crippen LogP) is 3.03. The second kappa shape index (κ2) is 7.05. The van der Waals surface area contributed by atoms with Gasteiger partial charge in [0, 0.05) is 7.05 Å². The van der Waals surface area contributed by atoms with Crippen LogP contribution in [0.3, 0.4) is 0 Å². The van der Waals surface area contributed by atoms with Crippen molar-refractivity contribution in [2.75, 3.05) is 29.1 Å². The molecule has 1 amide bonds. The van der Waals surface area contributed by atoms with Gasteiger partial charge in [-0.05, 0) is 30.7 Å². The Kier molecular flexibility index (Phi) is 4.97. The maximum Gasteiger partial charge on any atom is 0.249 e. The number of likely N-dealkylation sites (N-methyl/N-ethyl adjacent to an activating group) is 1. The molecule has 0 saturated carbocycles. The zero-order valence-electron chi connectivity index (χ0n) is 14.7. The van der Waals surface area contributed by atoms with Crippen LogP contribution in [0.15, 0.2) is 48.5 Å². The Morgan fingerprint density at radius 2 is 1.77 bits per heavy atom. The minimum atomic E-state index is -3.61. The summed E-state index contributed by atoms with van der Waals surface area (Å²) in [7, 11) is -2.00. The number of rotatable bonds is 5. The third kappa shape index (κ3) is 3.71. The number of carbonyl (C=O) groups excluding carboxylic acids is 1. The van der Waals surface area contributed by atoms with Crippen LogP contribution in [0.25, 0.3) is 10.2 Å². The Labute approximate surface area is 156 Å². The molecule has 0 unspecified atom stereocenters. The van der Waals surface area contributed by atoms with E-state index in [1.807, 2.05) is 43.3 Å². The number of sulfonamides is 1. The maximum atomic E-state index is 12.7. The SMILES string of the molecule is Cc1ccccc1N(CC(=O)N(C)c1nc2ccccc2s1)S(C)(=O)=O. The minimum Gasteiger partial charge on any atom is -0.290 e. The smallest absolute Gasteiger partial charge is 0.249 e. The van der Waals surface area contributed by atoms with Crippen LogP contribution in [0.2, 0.25) is 0 Å². The van der Waals surface area contributed by atoms with Gasteiger partial charge in [0.2, 0.25) is 15.9 Å². The fourth-order valence-electron chi connectivity index (χ4n) is 2.56. The lowest BCUT2D eigenvalue weighted by atomic mass is 10.2. The zero-order chi connectivity index (χ0) is 18.9. The molecule has 2 aromatic carbocycles. The van der Waals surface area contributed by atoms with Crippen LogP contribution < -0.4 is 9.21 Å². The highest BCUT2D eigenvalue weighted by Crippen LogP contribution is 2.28. The fourth-order valence-corrected chi connectivity index (χ4v) is 4.41. The molecule has 0 aliphatic heterocycles. The minimum absolute atomic E-state index is 0.282. The molecule has 0 radical (unpaired) electrons. The topological polar surface area (TPSA) is 70.6 Å². The van der Waals surface area contributed by atoms with Crippen molar-refractivity contribution in [1.82, 2.24) is 4.98 Å². The van der Waals surface area contributed by atoms with Crippen molar-refractivity contribution in [2.45, 2.75) is 6.92 Å². The molecule has 8 heteroatoms. The van der Waals surface area contributed by atoms with E-state index >= 15 is 0 Å². The number of para-hydroxylation sites is 2. The van der Waals surface area contributed by atoms with Crippen LogP contribution in [0.1, 0.15) is 5.56 Å². The summed E-state index contributed by atoms with van der Waals surface area (Å²) in [6.07, 6.45) is 1.10. The highest BCUT2D eigenvalue weighted by molar-refractivity contribution is 7.92. The Balaban J connectivity index is 1.89. The van der Waals surface area contributed by atoms with Crippen LogP contribution in [-0.2, 0) is 14.8 Å². The summed E-state index contributed by atoms with van der Waals surface area (Å²) in [5.74, 6) is -0.349. The Hall–Kier alpha value is -2.45. The van der Waals surface area contributed by atoms with E-state index in [-0.39, 0.29) is 12.5 Å². The number of hydrogen-bond donors (Lipinski definition) is 0. The summed E-state index contributed by atoms with van der Waals surface area (Å²) in [4.78, 5) is 18.6. The zero-order valence-corrected chi connectivity index (χ0v) is 16.3. The fraction of sp³-hybridized carbons (Fsp3) is 0.222. The van der Waals surface area contributed by atoms with Gasteiger partial charge in [0.05, 0.1) is 22.2 Å². The van der Waals surface area contributed by atoms with Gasteiger partial charge in [-0.25, -0.2) is 13.4 Å². The van der Waals surface area contributed by atoms with Gasteiger partial charge in [-0.15, -0.1) is 0 Å². The average Bonchev–Trinajstić information content (AvgIpc) is 3.02. The summed E-state index contributed by atoms with van der Waals surface area (Å²) in [6.45, 7) is 1.53. The summed E-state index contributed by atoms with van der Waals surface area (Å²) in [6, 6.07) is 14.7. The molecule has 1 heterocycles. The van der Waals surface area contributed by atoms with Crippen LogP contribution in [0.5, 0.6) is 0 Å². The van der Waals surface area contributed by atoms with Crippen molar-refractivity contribution >= 4 is 48.3 Å². The monoisotopic (exact) mass is 389 g/mol. The summed E-state index contributed by atoms with van der Waals surface area (Å²) < 4.78 is 26.6. The molecule has 0 bridgehead atoms. The summed E-state index contributed by atoms with van der Waals surface area (Å²) in [5, 5.41) is 0.537. The first kappa shape index (κ1) is 18.3. The van der Waals surface area contributed by atoms with Crippen LogP contribution >= 0.6 is 11.3 Å². The standard InChI is InChI=1S/C18H19N3O3S2/c1-13-8-4-6-10-15(13)21(26(3,23)24)12-17(22)20(2)18-19-14-9-5-7-11-16(14)25-18/h4-11H,12H2,1-3H3. The van der Waals surface area contributed by atoms with Gasteiger partial charge in [0.25, 0.3) is 0 Å². The number of benzene rings is 2. The van der Waals surface area contributed by atoms with E-state index in [2.05, 4.69) is 4.98 Å². The molecule has 0 N–H and O–H groups in total. The number of hydrogen-bond acceptors (Lipinski definition) is 5. The van der Waals surface area contributed by atoms with Gasteiger partial charge in [0.15, 0.2) is 5.13 Å². The van der Waals surface area contributed by atoms with E-state index in [1.165, 1.54) is 16.2 Å². The van der Waals surface area contributed by atoms with Gasteiger partial charge in [-0.3, -0.25) is 14.0 Å². The lowest BCUT2D eigenvalue weighted by Crippen LogP contribution is -2.41. The number of anilines is 2. The Bertz CT molecular complexity index is 1030. The quantitative estimate of drug-likeness (QED) is 0.672.